The van der Waals surface area contributed by atoms with Crippen LogP contribution in [0.15, 0.2) is 30.5 Å². The fraction of sp³-hybridized carbons (Fsp3) is 0.630. The number of rotatable bonds is 9. The molecule has 8 nitrogen and oxygen atoms in total. The molecule has 3 aliphatic rings. The molecule has 2 aromatic rings. The van der Waals surface area contributed by atoms with Crippen LogP contribution < -0.4 is 5.32 Å². The number of nitrogens with one attached hydrogen (secondary N) is 1. The Morgan fingerprint density at radius 2 is 1.64 bits per heavy atom. The van der Waals surface area contributed by atoms with Crippen LogP contribution in [-0.2, 0) is 16.0 Å². The van der Waals surface area contributed by atoms with Gasteiger partial charge in [-0.05, 0) is 56.2 Å². The van der Waals surface area contributed by atoms with Gasteiger partial charge in [-0.3, -0.25) is 14.8 Å². The lowest BCUT2D eigenvalue weighted by atomic mass is 9.96. The maximum Gasteiger partial charge on any atom is 0.170 e. The smallest absolute Gasteiger partial charge is 0.170 e. The summed E-state index contributed by atoms with van der Waals surface area (Å²) in [6, 6.07) is 8.68. The van der Waals surface area contributed by atoms with Gasteiger partial charge in [-0.1, -0.05) is 6.07 Å². The molecule has 196 valence electrons. The van der Waals surface area contributed by atoms with Crippen molar-refractivity contribution in [1.29, 1.82) is 0 Å². The Kier molecular flexibility index (Phi) is 8.54. The molecule has 0 spiro atoms. The second kappa shape index (κ2) is 12.0. The maximum atomic E-state index is 5.91. The summed E-state index contributed by atoms with van der Waals surface area (Å²) in [5.74, 6) is 0. The molecule has 3 fully saturated rings. The predicted molar refractivity (Wildman–Crippen MR) is 145 cm³/mol. The number of ether oxygens (including phenoxy) is 2. The van der Waals surface area contributed by atoms with E-state index in [4.69, 9.17) is 26.7 Å². The van der Waals surface area contributed by atoms with Crippen LogP contribution in [0.25, 0.3) is 0 Å². The van der Waals surface area contributed by atoms with Gasteiger partial charge in [-0.25, -0.2) is 0 Å². The van der Waals surface area contributed by atoms with E-state index >= 15 is 0 Å². The Bertz CT molecular complexity index is 1000. The molecule has 9 heteroatoms. The second-order valence-corrected chi connectivity index (χ2v) is 10.4. The average molecular weight is 513 g/mol. The van der Waals surface area contributed by atoms with Gasteiger partial charge >= 0.3 is 0 Å². The van der Waals surface area contributed by atoms with Crippen molar-refractivity contribution in [2.24, 2.45) is 0 Å². The Morgan fingerprint density at radius 1 is 0.944 bits per heavy atom. The lowest BCUT2D eigenvalue weighted by Crippen LogP contribution is -2.42. The molecule has 3 saturated heterocycles. The van der Waals surface area contributed by atoms with Gasteiger partial charge in [0.25, 0.3) is 0 Å². The first-order valence-corrected chi connectivity index (χ1v) is 13.8. The van der Waals surface area contributed by atoms with Gasteiger partial charge in [0.05, 0.1) is 44.2 Å². The summed E-state index contributed by atoms with van der Waals surface area (Å²) in [5, 5.41) is 4.44. The van der Waals surface area contributed by atoms with Gasteiger partial charge in [0.15, 0.2) is 5.11 Å². The van der Waals surface area contributed by atoms with E-state index in [9.17, 15) is 0 Å². The molecule has 0 aromatic carbocycles. The molecule has 0 unspecified atom stereocenters. The molecule has 0 bridgehead atoms. The Hall–Kier alpha value is -2.04. The first-order valence-electron chi connectivity index (χ1n) is 13.4. The SMILES string of the molecule is Cc1cc([C@H]2[C@H](c3ccccn3)NC(=S)N2CCN2CCOCC2)c(C)n1CCCN1CCOCC1. The summed E-state index contributed by atoms with van der Waals surface area (Å²) in [6.45, 7) is 15.9. The van der Waals surface area contributed by atoms with Crippen LogP contribution in [0.2, 0.25) is 0 Å². The number of hydrogen-bond acceptors (Lipinski definition) is 6. The van der Waals surface area contributed by atoms with E-state index in [1.165, 1.54) is 17.0 Å². The lowest BCUT2D eigenvalue weighted by molar-refractivity contribution is 0.0350. The number of aryl methyl sites for hydroxylation is 1. The van der Waals surface area contributed by atoms with Crippen molar-refractivity contribution in [2.75, 3.05) is 72.2 Å². The summed E-state index contributed by atoms with van der Waals surface area (Å²) < 4.78 is 13.5. The Balaban J connectivity index is 1.36. The highest BCUT2D eigenvalue weighted by Crippen LogP contribution is 2.40. The maximum absolute atomic E-state index is 5.91. The van der Waals surface area contributed by atoms with E-state index in [-0.39, 0.29) is 12.1 Å². The van der Waals surface area contributed by atoms with Crippen molar-refractivity contribution in [3.8, 4) is 0 Å². The zero-order chi connectivity index (χ0) is 24.9. The van der Waals surface area contributed by atoms with E-state index < -0.39 is 0 Å². The van der Waals surface area contributed by atoms with Crippen LogP contribution in [0.4, 0.5) is 0 Å². The second-order valence-electron chi connectivity index (χ2n) is 10.1. The van der Waals surface area contributed by atoms with Crippen molar-refractivity contribution >= 4 is 17.3 Å². The summed E-state index contributed by atoms with van der Waals surface area (Å²) >= 11 is 5.91. The van der Waals surface area contributed by atoms with Gasteiger partial charge in [-0.15, -0.1) is 0 Å². The molecule has 2 atom stereocenters. The molecule has 3 aliphatic heterocycles. The lowest BCUT2D eigenvalue weighted by Gasteiger charge is -2.32. The van der Waals surface area contributed by atoms with Crippen molar-refractivity contribution in [1.82, 2.24) is 29.6 Å². The monoisotopic (exact) mass is 512 g/mol. The fourth-order valence-electron chi connectivity index (χ4n) is 5.81. The van der Waals surface area contributed by atoms with Gasteiger partial charge in [0.2, 0.25) is 0 Å². The molecule has 0 radical (unpaired) electrons. The van der Waals surface area contributed by atoms with E-state index in [1.807, 2.05) is 12.3 Å². The largest absolute Gasteiger partial charge is 0.379 e. The number of pyridine rings is 1. The molecular weight excluding hydrogens is 472 g/mol. The third kappa shape index (κ3) is 5.75. The number of nitrogens with zero attached hydrogens (tertiary/aromatic N) is 5. The van der Waals surface area contributed by atoms with E-state index in [2.05, 4.69) is 56.6 Å². The van der Waals surface area contributed by atoms with Crippen LogP contribution in [-0.4, -0.2) is 102 Å². The van der Waals surface area contributed by atoms with Gasteiger partial charge < -0.3 is 24.3 Å². The number of morpholine rings is 2. The van der Waals surface area contributed by atoms with Gasteiger partial charge in [-0.2, -0.15) is 0 Å². The van der Waals surface area contributed by atoms with Crippen LogP contribution in [0, 0.1) is 13.8 Å². The number of aromatic nitrogens is 2. The summed E-state index contributed by atoms with van der Waals surface area (Å²) in [6.07, 6.45) is 3.02. The highest BCUT2D eigenvalue weighted by molar-refractivity contribution is 7.80. The first-order chi connectivity index (χ1) is 17.6. The molecule has 5 rings (SSSR count). The molecule has 0 amide bonds. The summed E-state index contributed by atoms with van der Waals surface area (Å²) in [7, 11) is 0. The molecule has 5 heterocycles. The first kappa shape index (κ1) is 25.6. The average Bonchev–Trinajstić information content (AvgIpc) is 3.39. The summed E-state index contributed by atoms with van der Waals surface area (Å²) in [4.78, 5) is 12.1. The predicted octanol–water partition coefficient (Wildman–Crippen LogP) is 2.53. The van der Waals surface area contributed by atoms with Crippen molar-refractivity contribution in [3.05, 3.63) is 53.1 Å². The highest BCUT2D eigenvalue weighted by Gasteiger charge is 2.41. The topological polar surface area (TPSA) is 58.0 Å². The van der Waals surface area contributed by atoms with E-state index in [1.54, 1.807) is 0 Å². The molecule has 36 heavy (non-hydrogen) atoms. The fourth-order valence-corrected chi connectivity index (χ4v) is 6.14. The highest BCUT2D eigenvalue weighted by atomic mass is 32.1. The van der Waals surface area contributed by atoms with Gasteiger partial charge in [0.1, 0.15) is 0 Å². The molecule has 0 aliphatic carbocycles. The van der Waals surface area contributed by atoms with Crippen LogP contribution >= 0.6 is 12.2 Å². The van der Waals surface area contributed by atoms with Crippen molar-refractivity contribution in [2.45, 2.75) is 38.9 Å². The van der Waals surface area contributed by atoms with E-state index in [0.717, 1.165) is 96.0 Å². The molecule has 1 N–H and O–H groups in total. The van der Waals surface area contributed by atoms with Crippen LogP contribution in [0.5, 0.6) is 0 Å². The number of thiocarbonyl (C=S) groups is 1. The third-order valence-electron chi connectivity index (χ3n) is 7.85. The minimum absolute atomic E-state index is 0.0330. The zero-order valence-electron chi connectivity index (χ0n) is 21.7. The van der Waals surface area contributed by atoms with Gasteiger partial charge in [0, 0.05) is 69.9 Å². The minimum atomic E-state index is 0.0330. The Labute approximate surface area is 220 Å². The molecule has 0 saturated carbocycles. The summed E-state index contributed by atoms with van der Waals surface area (Å²) in [5.41, 5.74) is 5.04. The molecular formula is C27H40N6O2S. The van der Waals surface area contributed by atoms with Crippen LogP contribution in [0.3, 0.4) is 0 Å². The number of hydrogen-bond donors (Lipinski definition) is 1. The quantitative estimate of drug-likeness (QED) is 0.515. The minimum Gasteiger partial charge on any atom is -0.379 e. The molecule has 2 aromatic heterocycles. The normalized spacial score (nSPS) is 23.8. The van der Waals surface area contributed by atoms with Crippen molar-refractivity contribution in [3.63, 3.8) is 0 Å². The van der Waals surface area contributed by atoms with E-state index in [0.29, 0.717) is 0 Å². The standard InChI is InChI=1S/C27H40N6O2S/c1-21-20-23(22(2)32(21)9-5-8-30-12-16-34-17-13-30)26-25(24-6-3-4-7-28-24)29-27(36)33(26)11-10-31-14-18-35-19-15-31/h3-4,6-7,20,25-26H,5,8-19H2,1-2H3,(H,29,36)/t25-,26-/m0/s1. The Morgan fingerprint density at radius 3 is 2.31 bits per heavy atom. The van der Waals surface area contributed by atoms with Crippen LogP contribution in [0.1, 0.15) is 41.1 Å². The zero-order valence-corrected chi connectivity index (χ0v) is 22.5. The van der Waals surface area contributed by atoms with Crippen molar-refractivity contribution < 1.29 is 9.47 Å². The third-order valence-corrected chi connectivity index (χ3v) is 8.20.